The second-order valence-electron chi connectivity index (χ2n) is 11.6. The van der Waals surface area contributed by atoms with E-state index in [9.17, 15) is 4.79 Å². The van der Waals surface area contributed by atoms with Crippen molar-refractivity contribution in [1.82, 2.24) is 4.90 Å². The van der Waals surface area contributed by atoms with Crippen LogP contribution in [-0.4, -0.2) is 48.2 Å². The Morgan fingerprint density at radius 3 is 1.71 bits per heavy atom. The maximum absolute atomic E-state index is 12.6. The fourth-order valence-electron chi connectivity index (χ4n) is 4.66. The molecule has 0 bridgehead atoms. The van der Waals surface area contributed by atoms with Crippen molar-refractivity contribution in [2.75, 3.05) is 19.8 Å². The minimum atomic E-state index is -0.662. The number of amides is 1. The summed E-state index contributed by atoms with van der Waals surface area (Å²) in [6.07, 6.45) is 21.6. The summed E-state index contributed by atoms with van der Waals surface area (Å²) in [7, 11) is 0. The maximum Gasteiger partial charge on any atom is 1.00 e. The molecule has 6 heteroatoms. The Kier molecular flexibility index (Phi) is 20.3. The van der Waals surface area contributed by atoms with Crippen LogP contribution in [-0.2, 0) is 14.2 Å². The Hall–Kier alpha value is 0.190. The molecule has 1 atom stereocenters. The molecule has 0 aromatic heterocycles. The van der Waals surface area contributed by atoms with Gasteiger partial charge in [-0.15, -0.1) is 0 Å². The molecule has 1 heterocycles. The number of carbonyl (C=O) groups excluding carboxylic acids is 1. The molecule has 0 aromatic rings. The third-order valence-electron chi connectivity index (χ3n) is 6.62. The van der Waals surface area contributed by atoms with Gasteiger partial charge in [0.15, 0.2) is 0 Å². The predicted molar refractivity (Wildman–Crippen MR) is 143 cm³/mol. The van der Waals surface area contributed by atoms with Crippen LogP contribution in [0.3, 0.4) is 0 Å². The van der Waals surface area contributed by atoms with Crippen LogP contribution >= 0.6 is 0 Å². The van der Waals surface area contributed by atoms with Gasteiger partial charge in [0.05, 0.1) is 19.3 Å². The van der Waals surface area contributed by atoms with Gasteiger partial charge < -0.3 is 15.6 Å². The summed E-state index contributed by atoms with van der Waals surface area (Å²) in [5, 5.41) is 0. The van der Waals surface area contributed by atoms with Gasteiger partial charge in [-0.1, -0.05) is 103 Å². The second-order valence-corrected chi connectivity index (χ2v) is 11.6. The molecule has 1 saturated heterocycles. The van der Waals surface area contributed by atoms with E-state index < -0.39 is 11.3 Å². The van der Waals surface area contributed by atoms with Crippen LogP contribution in [0, 0.1) is 0 Å². The van der Waals surface area contributed by atoms with Crippen LogP contribution in [0.4, 0.5) is 4.79 Å². The number of nitrogens with zero attached hydrogens (tertiary/aromatic N) is 1. The van der Waals surface area contributed by atoms with Crippen molar-refractivity contribution >= 4 is 6.09 Å². The third kappa shape index (κ3) is 17.3. The van der Waals surface area contributed by atoms with E-state index >= 15 is 0 Å². The minimum absolute atomic E-state index is 0. The topological polar surface area (TPSA) is 48.0 Å². The van der Waals surface area contributed by atoms with Gasteiger partial charge in [0, 0.05) is 6.61 Å². The number of hydrogen-bond donors (Lipinski definition) is 0. The van der Waals surface area contributed by atoms with E-state index in [1.807, 2.05) is 34.6 Å². The summed E-state index contributed by atoms with van der Waals surface area (Å²) in [5.74, 6) is 0. The largest absolute Gasteiger partial charge is 1.00 e. The average molecular weight is 508 g/mol. The summed E-state index contributed by atoms with van der Waals surface area (Å²) in [6.45, 7) is 13.5. The van der Waals surface area contributed by atoms with E-state index in [1.165, 1.54) is 96.3 Å². The van der Waals surface area contributed by atoms with Gasteiger partial charge in [-0.3, -0.25) is 4.90 Å². The standard InChI is InChI=1S/C29H57NO4.Na.H/c1-7-8-9-10-11-12-13-14-15-16-17-18-19-20-21-22-23-32-24-26-25-33-29(5,6)30(26)27(31)34-28(2,3)4;;/h26H,7-25H2,1-6H3;;/q;+1;-1/t26-;;/m1../s1. The molecule has 1 aliphatic heterocycles. The van der Waals surface area contributed by atoms with Crippen LogP contribution in [0.25, 0.3) is 0 Å². The van der Waals surface area contributed by atoms with Gasteiger partial charge in [-0.2, -0.15) is 0 Å². The van der Waals surface area contributed by atoms with E-state index in [2.05, 4.69) is 6.92 Å². The second kappa shape index (κ2) is 20.2. The zero-order chi connectivity index (χ0) is 25.3. The molecular weight excluding hydrogens is 449 g/mol. The summed E-state index contributed by atoms with van der Waals surface area (Å²) in [6, 6.07) is -0.0918. The normalized spacial score (nSPS) is 17.4. The van der Waals surface area contributed by atoms with Crippen LogP contribution in [0.2, 0.25) is 0 Å². The van der Waals surface area contributed by atoms with Crippen molar-refractivity contribution < 1.29 is 50.0 Å². The first-order valence-electron chi connectivity index (χ1n) is 14.4. The Bertz CT molecular complexity index is 528. The summed E-state index contributed by atoms with van der Waals surface area (Å²) < 4.78 is 17.3. The van der Waals surface area contributed by atoms with Gasteiger partial charge in [0.2, 0.25) is 0 Å². The summed E-state index contributed by atoms with van der Waals surface area (Å²) in [5.41, 5.74) is -1.18. The number of ether oxygens (including phenoxy) is 3. The molecule has 0 radical (unpaired) electrons. The molecule has 1 fully saturated rings. The van der Waals surface area contributed by atoms with Gasteiger partial charge in [0.25, 0.3) is 0 Å². The molecule has 5 nitrogen and oxygen atoms in total. The van der Waals surface area contributed by atoms with Crippen molar-refractivity contribution in [2.24, 2.45) is 0 Å². The van der Waals surface area contributed by atoms with E-state index in [0.29, 0.717) is 13.2 Å². The molecule has 0 aromatic carbocycles. The molecule has 0 unspecified atom stereocenters. The fourth-order valence-corrected chi connectivity index (χ4v) is 4.66. The first-order chi connectivity index (χ1) is 16.2. The summed E-state index contributed by atoms with van der Waals surface area (Å²) >= 11 is 0. The molecule has 1 rings (SSSR count). The van der Waals surface area contributed by atoms with Crippen molar-refractivity contribution in [3.8, 4) is 0 Å². The van der Waals surface area contributed by atoms with Crippen LogP contribution in [0.1, 0.15) is 146 Å². The van der Waals surface area contributed by atoms with Crippen molar-refractivity contribution in [3.63, 3.8) is 0 Å². The molecule has 1 amide bonds. The smallest absolute Gasteiger partial charge is 1.00 e. The average Bonchev–Trinajstić information content (AvgIpc) is 3.05. The van der Waals surface area contributed by atoms with E-state index in [1.54, 1.807) is 4.90 Å². The summed E-state index contributed by atoms with van der Waals surface area (Å²) in [4.78, 5) is 14.3. The molecule has 0 N–H and O–H groups in total. The molecule has 0 aliphatic carbocycles. The number of rotatable bonds is 19. The number of carbonyl (C=O) groups is 1. The van der Waals surface area contributed by atoms with Gasteiger partial charge in [-0.25, -0.2) is 4.79 Å². The molecule has 35 heavy (non-hydrogen) atoms. The quantitative estimate of drug-likeness (QED) is 0.165. The Morgan fingerprint density at radius 1 is 0.857 bits per heavy atom. The Morgan fingerprint density at radius 2 is 1.29 bits per heavy atom. The maximum atomic E-state index is 12.6. The third-order valence-corrected chi connectivity index (χ3v) is 6.62. The number of unbranched alkanes of at least 4 members (excludes halogenated alkanes) is 15. The fraction of sp³-hybridized carbons (Fsp3) is 0.966. The SMILES string of the molecule is CCCCCCCCCCCCCCCCCCOC[C@@H]1COC(C)(C)N1C(=O)OC(C)(C)C.[H-].[Na+]. The van der Waals surface area contributed by atoms with Gasteiger partial charge in [0.1, 0.15) is 11.3 Å². The van der Waals surface area contributed by atoms with Crippen molar-refractivity contribution in [1.29, 1.82) is 0 Å². The monoisotopic (exact) mass is 507 g/mol. The number of hydrogen-bond acceptors (Lipinski definition) is 4. The minimum Gasteiger partial charge on any atom is -1.00 e. The van der Waals surface area contributed by atoms with Gasteiger partial charge in [-0.05, 0) is 41.0 Å². The molecule has 0 saturated carbocycles. The first kappa shape index (κ1) is 35.2. The molecule has 1 aliphatic rings. The van der Waals surface area contributed by atoms with Crippen LogP contribution in [0.15, 0.2) is 0 Å². The Balaban J connectivity index is 0. The molecule has 0 spiro atoms. The van der Waals surface area contributed by atoms with Crippen molar-refractivity contribution in [3.05, 3.63) is 0 Å². The predicted octanol–water partition coefficient (Wildman–Crippen LogP) is 5.75. The van der Waals surface area contributed by atoms with E-state index in [-0.39, 0.29) is 43.1 Å². The molecule has 204 valence electrons. The zero-order valence-electron chi connectivity index (χ0n) is 25.6. The zero-order valence-corrected chi connectivity index (χ0v) is 26.6. The Labute approximate surface area is 241 Å². The van der Waals surface area contributed by atoms with Crippen LogP contribution in [0.5, 0.6) is 0 Å². The van der Waals surface area contributed by atoms with E-state index in [0.717, 1.165) is 13.0 Å². The molecular formula is C29H58NNaO4. The van der Waals surface area contributed by atoms with Crippen LogP contribution < -0.4 is 29.6 Å². The van der Waals surface area contributed by atoms with Crippen molar-refractivity contribution in [2.45, 2.75) is 162 Å². The van der Waals surface area contributed by atoms with Gasteiger partial charge >= 0.3 is 35.7 Å². The van der Waals surface area contributed by atoms with E-state index in [4.69, 9.17) is 14.2 Å². The first-order valence-corrected chi connectivity index (χ1v) is 14.4.